The smallest absolute Gasteiger partial charge is 0.284 e. The zero-order valence-electron chi connectivity index (χ0n) is 14.2. The van der Waals surface area contributed by atoms with Gasteiger partial charge in [-0.15, -0.1) is 0 Å². The van der Waals surface area contributed by atoms with E-state index in [1.807, 2.05) is 0 Å². The number of hydrogen-bond acceptors (Lipinski definition) is 6. The Morgan fingerprint density at radius 2 is 1.93 bits per heavy atom. The summed E-state index contributed by atoms with van der Waals surface area (Å²) in [6, 6.07) is 10.9. The molecule has 0 unspecified atom stereocenters. The second kappa shape index (κ2) is 8.39. The first kappa shape index (κ1) is 19.2. The van der Waals surface area contributed by atoms with Gasteiger partial charge in [-0.1, -0.05) is 0 Å². The van der Waals surface area contributed by atoms with Gasteiger partial charge in [0.25, 0.3) is 11.6 Å². The lowest BCUT2D eigenvalue weighted by molar-refractivity contribution is -0.385. The molecule has 0 aliphatic rings. The highest BCUT2D eigenvalue weighted by atomic mass is 79.9. The van der Waals surface area contributed by atoms with Gasteiger partial charge in [-0.2, -0.15) is 5.10 Å². The van der Waals surface area contributed by atoms with Crippen molar-refractivity contribution in [2.24, 2.45) is 0 Å². The predicted octanol–water partition coefficient (Wildman–Crippen LogP) is 2.31. The molecule has 11 heteroatoms. The first-order chi connectivity index (χ1) is 13.4. The number of carbonyl (C=O) groups is 2. The lowest BCUT2D eigenvalue weighted by atomic mass is 10.2. The summed E-state index contributed by atoms with van der Waals surface area (Å²) in [4.78, 5) is 38.3. The largest absolute Gasteiger partial charge is 0.343 e. The van der Waals surface area contributed by atoms with E-state index in [0.717, 1.165) is 11.8 Å². The van der Waals surface area contributed by atoms with E-state index in [0.29, 0.717) is 5.69 Å². The van der Waals surface area contributed by atoms with Crippen LogP contribution in [0.3, 0.4) is 0 Å². The number of rotatable bonds is 6. The van der Waals surface area contributed by atoms with E-state index in [1.54, 1.807) is 35.3 Å². The Morgan fingerprint density at radius 3 is 2.57 bits per heavy atom. The summed E-state index contributed by atoms with van der Waals surface area (Å²) in [5.41, 5.74) is 1.17. The fraction of sp³-hybridized carbons (Fsp3) is 0.0588. The highest BCUT2D eigenvalue weighted by Gasteiger charge is 2.16. The Balaban J connectivity index is 1.56. The summed E-state index contributed by atoms with van der Waals surface area (Å²) in [7, 11) is 0. The number of amides is 2. The number of nitrogens with one attached hydrogen (secondary N) is 2. The van der Waals surface area contributed by atoms with Gasteiger partial charge in [0.05, 0.1) is 21.6 Å². The number of anilines is 1. The van der Waals surface area contributed by atoms with Crippen molar-refractivity contribution in [2.45, 2.75) is 0 Å². The topological polar surface area (TPSA) is 132 Å². The van der Waals surface area contributed by atoms with Gasteiger partial charge in [-0.25, -0.2) is 9.67 Å². The van der Waals surface area contributed by atoms with Crippen LogP contribution in [-0.4, -0.2) is 38.0 Å². The number of aromatic nitrogens is 3. The molecule has 2 aromatic carbocycles. The van der Waals surface area contributed by atoms with Crippen molar-refractivity contribution in [2.75, 3.05) is 11.9 Å². The molecule has 142 valence electrons. The van der Waals surface area contributed by atoms with E-state index in [1.165, 1.54) is 18.5 Å². The first-order valence-corrected chi connectivity index (χ1v) is 8.70. The molecule has 0 atom stereocenters. The van der Waals surface area contributed by atoms with Crippen molar-refractivity contribution in [3.05, 3.63) is 75.3 Å². The molecule has 0 radical (unpaired) electrons. The average molecular weight is 445 g/mol. The molecule has 2 amide bonds. The third-order valence-corrected chi connectivity index (χ3v) is 4.32. The minimum absolute atomic E-state index is 0.0832. The molecule has 10 nitrogen and oxygen atoms in total. The summed E-state index contributed by atoms with van der Waals surface area (Å²) in [5.74, 6) is -1.03. The molecule has 3 aromatic rings. The lowest BCUT2D eigenvalue weighted by Gasteiger charge is -2.08. The fourth-order valence-corrected chi connectivity index (χ4v) is 2.69. The van der Waals surface area contributed by atoms with Crippen molar-refractivity contribution in [1.82, 2.24) is 20.1 Å². The molecule has 1 heterocycles. The summed E-state index contributed by atoms with van der Waals surface area (Å²) in [6.45, 7) is -0.284. The maximum absolute atomic E-state index is 12.1. The van der Waals surface area contributed by atoms with Crippen LogP contribution in [0.25, 0.3) is 5.69 Å². The third-order valence-electron chi connectivity index (χ3n) is 3.65. The van der Waals surface area contributed by atoms with Crippen LogP contribution in [0.4, 0.5) is 11.4 Å². The first-order valence-electron chi connectivity index (χ1n) is 7.91. The van der Waals surface area contributed by atoms with Gasteiger partial charge in [0.15, 0.2) is 0 Å². The Labute approximate surface area is 166 Å². The van der Waals surface area contributed by atoms with Crippen LogP contribution in [-0.2, 0) is 4.79 Å². The molecule has 28 heavy (non-hydrogen) atoms. The maximum atomic E-state index is 12.1. The van der Waals surface area contributed by atoms with Crippen LogP contribution in [0.2, 0.25) is 0 Å². The quantitative estimate of drug-likeness (QED) is 0.442. The predicted molar refractivity (Wildman–Crippen MR) is 103 cm³/mol. The molecule has 0 fully saturated rings. The zero-order valence-corrected chi connectivity index (χ0v) is 15.8. The minimum atomic E-state index is -0.601. The van der Waals surface area contributed by atoms with Crippen LogP contribution >= 0.6 is 15.9 Å². The lowest BCUT2D eigenvalue weighted by Crippen LogP contribution is -2.32. The molecule has 0 saturated heterocycles. The van der Waals surface area contributed by atoms with E-state index in [-0.39, 0.29) is 22.3 Å². The average Bonchev–Trinajstić information content (AvgIpc) is 3.21. The molecule has 0 spiro atoms. The van der Waals surface area contributed by atoms with E-state index in [9.17, 15) is 19.7 Å². The van der Waals surface area contributed by atoms with Crippen molar-refractivity contribution in [3.63, 3.8) is 0 Å². The van der Waals surface area contributed by atoms with E-state index < -0.39 is 16.7 Å². The molecule has 3 rings (SSSR count). The van der Waals surface area contributed by atoms with Crippen LogP contribution in [0.1, 0.15) is 10.4 Å². The number of benzene rings is 2. The third kappa shape index (κ3) is 4.57. The number of carbonyl (C=O) groups excluding carboxylic acids is 2. The summed E-state index contributed by atoms with van der Waals surface area (Å²) >= 11 is 3.05. The van der Waals surface area contributed by atoms with Gasteiger partial charge < -0.3 is 10.6 Å². The second-order valence-corrected chi connectivity index (χ2v) is 6.40. The molecule has 0 aliphatic heterocycles. The molecule has 2 N–H and O–H groups in total. The second-order valence-electron chi connectivity index (χ2n) is 5.54. The highest BCUT2D eigenvalue weighted by Crippen LogP contribution is 2.25. The van der Waals surface area contributed by atoms with Crippen molar-refractivity contribution in [1.29, 1.82) is 0 Å². The van der Waals surface area contributed by atoms with Gasteiger partial charge in [-0.05, 0) is 52.3 Å². The zero-order chi connectivity index (χ0) is 20.1. The number of nitrogens with zero attached hydrogens (tertiary/aromatic N) is 4. The molecule has 0 bridgehead atoms. The number of hydrogen-bond donors (Lipinski definition) is 2. The monoisotopic (exact) mass is 444 g/mol. The maximum Gasteiger partial charge on any atom is 0.284 e. The van der Waals surface area contributed by atoms with Gasteiger partial charge in [0.2, 0.25) is 5.91 Å². The Kier molecular flexibility index (Phi) is 5.75. The number of nitro groups is 1. The van der Waals surface area contributed by atoms with Crippen molar-refractivity contribution < 1.29 is 14.5 Å². The minimum Gasteiger partial charge on any atom is -0.343 e. The Hall–Kier alpha value is -3.60. The van der Waals surface area contributed by atoms with Crippen LogP contribution in [0.15, 0.2) is 59.6 Å². The van der Waals surface area contributed by atoms with Crippen LogP contribution in [0.5, 0.6) is 0 Å². The molecule has 1 aromatic heterocycles. The number of halogens is 1. The Morgan fingerprint density at radius 1 is 1.18 bits per heavy atom. The number of nitro benzene ring substituents is 1. The SMILES string of the molecule is O=C(CNC(=O)c1ccc(Br)c([N+](=O)[O-])c1)Nc1ccc(-n2cncn2)cc1. The van der Waals surface area contributed by atoms with E-state index in [2.05, 4.69) is 36.6 Å². The standard InChI is InChI=1S/C17H13BrN6O4/c18-14-6-1-11(7-15(14)24(27)28)17(26)20-8-16(25)22-12-2-4-13(5-3-12)23-10-19-9-21-23/h1-7,9-10H,8H2,(H,20,26)(H,22,25). The Bertz CT molecular complexity index is 1020. The van der Waals surface area contributed by atoms with Crippen LogP contribution in [0, 0.1) is 10.1 Å². The van der Waals surface area contributed by atoms with Gasteiger partial charge in [0, 0.05) is 17.3 Å². The normalized spacial score (nSPS) is 10.3. The van der Waals surface area contributed by atoms with Crippen LogP contribution < -0.4 is 10.6 Å². The van der Waals surface area contributed by atoms with E-state index >= 15 is 0 Å². The molecular weight excluding hydrogens is 432 g/mol. The molecule has 0 aliphatic carbocycles. The van der Waals surface area contributed by atoms with Crippen molar-refractivity contribution in [3.8, 4) is 5.69 Å². The summed E-state index contributed by atoms with van der Waals surface area (Å²) in [6.07, 6.45) is 2.97. The fourth-order valence-electron chi connectivity index (χ4n) is 2.30. The van der Waals surface area contributed by atoms with E-state index in [4.69, 9.17) is 0 Å². The summed E-state index contributed by atoms with van der Waals surface area (Å²) < 4.78 is 1.84. The van der Waals surface area contributed by atoms with Gasteiger partial charge >= 0.3 is 0 Å². The van der Waals surface area contributed by atoms with Crippen molar-refractivity contribution >= 4 is 39.1 Å². The summed E-state index contributed by atoms with van der Waals surface area (Å²) in [5, 5.41) is 20.0. The van der Waals surface area contributed by atoms with Gasteiger partial charge in [0.1, 0.15) is 12.7 Å². The molecular formula is C17H13BrN6O4. The highest BCUT2D eigenvalue weighted by molar-refractivity contribution is 9.10. The molecule has 0 saturated carbocycles. The van der Waals surface area contributed by atoms with Gasteiger partial charge in [-0.3, -0.25) is 19.7 Å².